The van der Waals surface area contributed by atoms with Gasteiger partial charge >= 0.3 is 0 Å². The van der Waals surface area contributed by atoms with E-state index in [1.54, 1.807) is 48.5 Å². The van der Waals surface area contributed by atoms with Crippen molar-refractivity contribution in [2.45, 2.75) is 32.6 Å². The number of amides is 1. The van der Waals surface area contributed by atoms with Crippen LogP contribution in [0.2, 0.25) is 0 Å². The second kappa shape index (κ2) is 9.19. The average Bonchev–Trinajstić information content (AvgIpc) is 3.15. The average molecular weight is 379 g/mol. The lowest BCUT2D eigenvalue weighted by molar-refractivity contribution is 0.0996. The summed E-state index contributed by atoms with van der Waals surface area (Å²) in [6, 6.07) is 15.7. The maximum Gasteiger partial charge on any atom is 0.258 e. The van der Waals surface area contributed by atoms with Crippen LogP contribution in [0.25, 0.3) is 0 Å². The number of hydrogen-bond acceptors (Lipinski definition) is 5. The van der Waals surface area contributed by atoms with Gasteiger partial charge in [-0.3, -0.25) is 14.9 Å². The summed E-state index contributed by atoms with van der Waals surface area (Å²) >= 11 is 1.38. The first kappa shape index (κ1) is 18.9. The number of aromatic nitrogens is 2. The van der Waals surface area contributed by atoms with Crippen LogP contribution in [0.3, 0.4) is 0 Å². The molecule has 0 aliphatic rings. The number of nitrogens with zero attached hydrogens (tertiary/aromatic N) is 2. The van der Waals surface area contributed by atoms with Gasteiger partial charge in [0.1, 0.15) is 5.01 Å². The highest BCUT2D eigenvalue weighted by Gasteiger charge is 2.19. The molecular weight excluding hydrogens is 358 g/mol. The lowest BCUT2D eigenvalue weighted by atomic mass is 9.98. The second-order valence-electron chi connectivity index (χ2n) is 6.15. The van der Waals surface area contributed by atoms with Crippen molar-refractivity contribution in [3.05, 3.63) is 76.3 Å². The molecule has 3 aromatic rings. The van der Waals surface area contributed by atoms with Crippen LogP contribution in [-0.4, -0.2) is 21.9 Å². The summed E-state index contributed by atoms with van der Waals surface area (Å²) in [5, 5.41) is 12.3. The van der Waals surface area contributed by atoms with E-state index in [1.165, 1.54) is 11.3 Å². The van der Waals surface area contributed by atoms with Crippen molar-refractivity contribution >= 4 is 28.2 Å². The van der Waals surface area contributed by atoms with E-state index < -0.39 is 0 Å². The van der Waals surface area contributed by atoms with E-state index in [2.05, 4.69) is 22.4 Å². The van der Waals surface area contributed by atoms with Gasteiger partial charge in [-0.05, 0) is 12.5 Å². The number of rotatable bonds is 8. The molecule has 0 unspecified atom stereocenters. The molecule has 1 aromatic heterocycles. The first-order chi connectivity index (χ1) is 13.2. The van der Waals surface area contributed by atoms with E-state index in [0.29, 0.717) is 21.8 Å². The quantitative estimate of drug-likeness (QED) is 0.453. The predicted octanol–water partition coefficient (Wildman–Crippen LogP) is 4.75. The number of benzene rings is 2. The van der Waals surface area contributed by atoms with Crippen LogP contribution in [0.4, 0.5) is 5.13 Å². The summed E-state index contributed by atoms with van der Waals surface area (Å²) in [5.74, 6) is -0.537. The minimum absolute atomic E-state index is 0.182. The zero-order chi connectivity index (χ0) is 19.1. The van der Waals surface area contributed by atoms with Gasteiger partial charge in [0.05, 0.1) is 5.56 Å². The molecule has 6 heteroatoms. The molecule has 0 aliphatic heterocycles. The highest BCUT2D eigenvalue weighted by atomic mass is 32.1. The van der Waals surface area contributed by atoms with Crippen LogP contribution >= 0.6 is 11.3 Å². The Labute approximate surface area is 162 Å². The number of carbonyl (C=O) groups excluding carboxylic acids is 2. The van der Waals surface area contributed by atoms with Gasteiger partial charge in [0.15, 0.2) is 5.78 Å². The molecule has 0 fully saturated rings. The van der Waals surface area contributed by atoms with Crippen LogP contribution in [0.15, 0.2) is 54.6 Å². The molecule has 0 atom stereocenters. The first-order valence-electron chi connectivity index (χ1n) is 9.01. The molecule has 0 spiro atoms. The van der Waals surface area contributed by atoms with Crippen molar-refractivity contribution < 1.29 is 9.59 Å². The number of unbranched alkanes of at least 4 members (excludes halogenated alkanes) is 2. The fraction of sp³-hybridized carbons (Fsp3) is 0.238. The van der Waals surface area contributed by atoms with Crippen LogP contribution in [0.5, 0.6) is 0 Å². The molecule has 1 N–H and O–H groups in total. The fourth-order valence-corrected chi connectivity index (χ4v) is 3.50. The van der Waals surface area contributed by atoms with Crippen molar-refractivity contribution in [3.63, 3.8) is 0 Å². The lowest BCUT2D eigenvalue weighted by Crippen LogP contribution is -2.16. The molecule has 2 aromatic carbocycles. The Morgan fingerprint density at radius 3 is 2.37 bits per heavy atom. The van der Waals surface area contributed by atoms with Gasteiger partial charge < -0.3 is 0 Å². The molecule has 1 heterocycles. The van der Waals surface area contributed by atoms with E-state index in [1.807, 2.05) is 6.07 Å². The number of nitrogens with one attached hydrogen (secondary N) is 1. The van der Waals surface area contributed by atoms with Gasteiger partial charge in [0.25, 0.3) is 5.91 Å². The van der Waals surface area contributed by atoms with E-state index in [0.717, 1.165) is 30.7 Å². The van der Waals surface area contributed by atoms with Gasteiger partial charge in [-0.2, -0.15) is 0 Å². The molecule has 0 radical (unpaired) electrons. The van der Waals surface area contributed by atoms with Gasteiger partial charge in [0.2, 0.25) is 5.13 Å². The molecule has 0 saturated heterocycles. The highest BCUT2D eigenvalue weighted by molar-refractivity contribution is 7.15. The first-order valence-corrected chi connectivity index (χ1v) is 9.83. The van der Waals surface area contributed by atoms with E-state index in [9.17, 15) is 9.59 Å². The Morgan fingerprint density at radius 1 is 0.926 bits per heavy atom. The number of ketones is 1. The molecule has 0 saturated carbocycles. The van der Waals surface area contributed by atoms with Gasteiger partial charge in [-0.1, -0.05) is 79.6 Å². The summed E-state index contributed by atoms with van der Waals surface area (Å²) in [6.45, 7) is 2.15. The monoisotopic (exact) mass is 379 g/mol. The van der Waals surface area contributed by atoms with E-state index in [4.69, 9.17) is 0 Å². The van der Waals surface area contributed by atoms with Gasteiger partial charge in [-0.15, -0.1) is 10.2 Å². The third-order valence-electron chi connectivity index (χ3n) is 4.13. The summed E-state index contributed by atoms with van der Waals surface area (Å²) in [7, 11) is 0. The normalized spacial score (nSPS) is 10.6. The van der Waals surface area contributed by atoms with Crippen LogP contribution in [0.1, 0.15) is 57.5 Å². The summed E-state index contributed by atoms with van der Waals surface area (Å²) in [6.07, 6.45) is 4.23. The molecule has 27 heavy (non-hydrogen) atoms. The van der Waals surface area contributed by atoms with Gasteiger partial charge in [0, 0.05) is 17.5 Å². The zero-order valence-electron chi connectivity index (χ0n) is 15.1. The number of hydrogen-bond donors (Lipinski definition) is 1. The molecule has 3 rings (SSSR count). The second-order valence-corrected chi connectivity index (χ2v) is 7.21. The fourth-order valence-electron chi connectivity index (χ4n) is 2.72. The van der Waals surface area contributed by atoms with Crippen LogP contribution in [-0.2, 0) is 6.42 Å². The molecule has 0 bridgehead atoms. The Hall–Kier alpha value is -2.86. The Balaban J connectivity index is 1.75. The standard InChI is InChI=1S/C21H21N3O2S/c1-2-3-5-14-18-23-24-21(27-18)22-20(26)17-13-9-8-12-16(17)19(25)15-10-6-4-7-11-15/h4,6-13H,2-3,5,14H2,1H3,(H,22,24,26). The van der Waals surface area contributed by atoms with Crippen LogP contribution < -0.4 is 5.32 Å². The number of anilines is 1. The molecule has 0 aliphatic carbocycles. The number of carbonyl (C=O) groups is 2. The van der Waals surface area contributed by atoms with E-state index >= 15 is 0 Å². The minimum Gasteiger partial charge on any atom is -0.296 e. The molecule has 1 amide bonds. The maximum absolute atomic E-state index is 12.8. The minimum atomic E-state index is -0.355. The maximum atomic E-state index is 12.8. The topological polar surface area (TPSA) is 72.0 Å². The summed E-state index contributed by atoms with van der Waals surface area (Å²) in [4.78, 5) is 25.5. The van der Waals surface area contributed by atoms with Crippen molar-refractivity contribution in [2.75, 3.05) is 5.32 Å². The Kier molecular flexibility index (Phi) is 6.44. The Bertz CT molecular complexity index is 922. The third-order valence-corrected chi connectivity index (χ3v) is 5.03. The molecular formula is C21H21N3O2S. The molecule has 5 nitrogen and oxygen atoms in total. The highest BCUT2D eigenvalue weighted by Crippen LogP contribution is 2.20. The SMILES string of the molecule is CCCCCc1nnc(NC(=O)c2ccccc2C(=O)c2ccccc2)s1. The Morgan fingerprint density at radius 2 is 1.63 bits per heavy atom. The van der Waals surface area contributed by atoms with Gasteiger partial charge in [-0.25, -0.2) is 0 Å². The van der Waals surface area contributed by atoms with Crippen LogP contribution in [0, 0.1) is 0 Å². The zero-order valence-corrected chi connectivity index (χ0v) is 16.0. The van der Waals surface area contributed by atoms with Crippen molar-refractivity contribution in [2.24, 2.45) is 0 Å². The summed E-state index contributed by atoms with van der Waals surface area (Å²) < 4.78 is 0. The largest absolute Gasteiger partial charge is 0.296 e. The molecule has 138 valence electrons. The smallest absolute Gasteiger partial charge is 0.258 e. The third kappa shape index (κ3) is 4.86. The van der Waals surface area contributed by atoms with E-state index in [-0.39, 0.29) is 11.7 Å². The number of aryl methyl sites for hydroxylation is 1. The van der Waals surface area contributed by atoms with Crippen molar-refractivity contribution in [1.82, 2.24) is 10.2 Å². The summed E-state index contributed by atoms with van der Waals surface area (Å²) in [5.41, 5.74) is 1.25. The van der Waals surface area contributed by atoms with Crippen molar-refractivity contribution in [1.29, 1.82) is 0 Å². The lowest BCUT2D eigenvalue weighted by Gasteiger charge is -2.08. The predicted molar refractivity (Wildman–Crippen MR) is 107 cm³/mol. The van der Waals surface area contributed by atoms with Crippen molar-refractivity contribution in [3.8, 4) is 0 Å².